The fourth-order valence-corrected chi connectivity index (χ4v) is 4.08. The Hall–Kier alpha value is -4.52. The van der Waals surface area contributed by atoms with Crippen molar-refractivity contribution in [2.24, 2.45) is 0 Å². The average Bonchev–Trinajstić information content (AvgIpc) is 3.63. The maximum absolute atomic E-state index is 12.7. The number of carboxylic acid groups (broad SMARTS) is 1. The number of amides is 7. The van der Waals surface area contributed by atoms with Gasteiger partial charge in [-0.2, -0.15) is 0 Å². The monoisotopic (exact) mass is 708 g/mol. The molecule has 0 aromatic carbocycles. The van der Waals surface area contributed by atoms with E-state index in [0.717, 1.165) is 13.3 Å². The molecule has 0 unspecified atom stereocenters. The van der Waals surface area contributed by atoms with E-state index in [-0.39, 0.29) is 0 Å². The van der Waals surface area contributed by atoms with Crippen molar-refractivity contribution in [1.29, 1.82) is 0 Å². The van der Waals surface area contributed by atoms with Crippen LogP contribution in [0.25, 0.3) is 0 Å². The van der Waals surface area contributed by atoms with Crippen molar-refractivity contribution in [3.05, 3.63) is 0 Å². The third kappa shape index (κ3) is 13.5. The number of nitrogens with one attached hydrogen (secondary N) is 8. The molecule has 0 spiro atoms. The summed E-state index contributed by atoms with van der Waals surface area (Å²) in [5, 5.41) is 83.7. The lowest BCUT2D eigenvalue weighted by molar-refractivity contribution is -0.142. The summed E-state index contributed by atoms with van der Waals surface area (Å²) in [6.07, 6.45) is 1.21. The molecular formula is C26H44N8O15. The van der Waals surface area contributed by atoms with Crippen LogP contribution in [0.2, 0.25) is 0 Å². The quantitative estimate of drug-likeness (QED) is 0.0526. The van der Waals surface area contributed by atoms with Crippen LogP contribution >= 0.6 is 0 Å². The fraction of sp³-hybridized carbons (Fsp3) is 0.692. The molecular weight excluding hydrogens is 664 g/mol. The summed E-state index contributed by atoms with van der Waals surface area (Å²) in [4.78, 5) is 98.7. The van der Waals surface area contributed by atoms with Gasteiger partial charge in [0.15, 0.2) is 0 Å². The van der Waals surface area contributed by atoms with Gasteiger partial charge in [0.1, 0.15) is 42.3 Å². The smallest absolute Gasteiger partial charge is 0.325 e. The van der Waals surface area contributed by atoms with Crippen molar-refractivity contribution >= 4 is 47.3 Å². The molecule has 23 heteroatoms. The lowest BCUT2D eigenvalue weighted by Crippen LogP contribution is -2.62. The van der Waals surface area contributed by atoms with Gasteiger partial charge >= 0.3 is 5.97 Å². The molecule has 0 aromatic rings. The predicted molar refractivity (Wildman–Crippen MR) is 160 cm³/mol. The summed E-state index contributed by atoms with van der Waals surface area (Å²) in [5.41, 5.74) is 0. The topological polar surface area (TPSA) is 374 Å². The highest BCUT2D eigenvalue weighted by Crippen LogP contribution is 2.05. The molecule has 1 fully saturated rings. The third-order valence-corrected chi connectivity index (χ3v) is 7.00. The van der Waals surface area contributed by atoms with Gasteiger partial charge in [-0.3, -0.25) is 38.4 Å². The Morgan fingerprint density at radius 3 is 1.06 bits per heavy atom. The standard InChI is InChI=1S/C26H44N8O15/c1-11(26(48)49)28-20(42)13(5-35)30-22(44)15(7-37)32-24(46)17(9-39)34-25(47)18(10-40)33-23(45)16(8-38)31-21(43)14(6-36)29-19(41)12-3-2-4-27-12/h11-18,27,35-40H,2-10H2,1H3,(H,28,42)(H,29,41)(H,30,44)(H,31,43)(H,32,46)(H,33,45)(H,34,47)(H,48,49)/t11-,12-,13-,14-,15-,16-,17-,18-/m0/s1. The first-order valence-corrected chi connectivity index (χ1v) is 14.9. The summed E-state index contributed by atoms with van der Waals surface area (Å²) in [5.74, 6) is -9.15. The molecule has 1 aliphatic rings. The van der Waals surface area contributed by atoms with Crippen LogP contribution in [0, 0.1) is 0 Å². The highest BCUT2D eigenvalue weighted by atomic mass is 16.4. The third-order valence-electron chi connectivity index (χ3n) is 7.00. The lowest BCUT2D eigenvalue weighted by Gasteiger charge is -2.25. The van der Waals surface area contributed by atoms with E-state index in [9.17, 15) is 69.0 Å². The molecule has 0 aromatic heterocycles. The van der Waals surface area contributed by atoms with Gasteiger partial charge in [0.2, 0.25) is 41.4 Å². The SMILES string of the molecule is C[C@H](NC(=O)[C@H](CO)NC(=O)[C@H](CO)NC(=O)[C@H](CO)NC(=O)[C@H](CO)NC(=O)[C@H](CO)NC(=O)[C@H](CO)NC(=O)[C@@H]1CCCN1)C(=O)O. The zero-order valence-electron chi connectivity index (χ0n) is 26.4. The minimum atomic E-state index is -1.86. The maximum atomic E-state index is 12.7. The summed E-state index contributed by atoms with van der Waals surface area (Å²) < 4.78 is 0. The Balaban J connectivity index is 2.81. The fourth-order valence-electron chi connectivity index (χ4n) is 4.08. The molecule has 1 saturated heterocycles. The molecule has 1 rings (SSSR count). The van der Waals surface area contributed by atoms with E-state index in [1.165, 1.54) is 0 Å². The van der Waals surface area contributed by atoms with Crippen molar-refractivity contribution < 1.29 is 74.1 Å². The second kappa shape index (κ2) is 21.5. The normalized spacial score (nSPS) is 18.2. The summed E-state index contributed by atoms with van der Waals surface area (Å²) in [7, 11) is 0. The van der Waals surface area contributed by atoms with Crippen LogP contribution in [0.15, 0.2) is 0 Å². The van der Waals surface area contributed by atoms with Crippen molar-refractivity contribution in [2.75, 3.05) is 46.2 Å². The van der Waals surface area contributed by atoms with E-state index < -0.39 is 135 Å². The van der Waals surface area contributed by atoms with Crippen LogP contribution in [0.1, 0.15) is 19.8 Å². The Morgan fingerprint density at radius 2 is 0.816 bits per heavy atom. The number of hydrogen-bond donors (Lipinski definition) is 15. The van der Waals surface area contributed by atoms with Crippen molar-refractivity contribution in [3.8, 4) is 0 Å². The summed E-state index contributed by atoms with van der Waals surface area (Å²) >= 11 is 0. The van der Waals surface area contributed by atoms with Gasteiger partial charge in [-0.05, 0) is 26.3 Å². The number of aliphatic hydroxyl groups excluding tert-OH is 6. The summed E-state index contributed by atoms with van der Waals surface area (Å²) in [6.45, 7) is -4.50. The van der Waals surface area contributed by atoms with Crippen LogP contribution in [0.4, 0.5) is 0 Å². The molecule has 15 N–H and O–H groups in total. The van der Waals surface area contributed by atoms with Gasteiger partial charge in [0.05, 0.1) is 45.7 Å². The first-order chi connectivity index (χ1) is 23.2. The van der Waals surface area contributed by atoms with Crippen molar-refractivity contribution in [3.63, 3.8) is 0 Å². The van der Waals surface area contributed by atoms with Crippen LogP contribution < -0.4 is 42.5 Å². The number of carbonyl (C=O) groups excluding carboxylic acids is 7. The largest absolute Gasteiger partial charge is 0.480 e. The maximum Gasteiger partial charge on any atom is 0.325 e. The first kappa shape index (κ1) is 42.5. The lowest BCUT2D eigenvalue weighted by atomic mass is 10.1. The van der Waals surface area contributed by atoms with E-state index in [1.807, 2.05) is 26.6 Å². The van der Waals surface area contributed by atoms with Crippen LogP contribution in [-0.4, -0.2) is 178 Å². The number of hydrogen-bond acceptors (Lipinski definition) is 15. The Kier molecular flexibility index (Phi) is 18.6. The molecule has 0 saturated carbocycles. The Bertz CT molecular complexity index is 1180. The van der Waals surface area contributed by atoms with Crippen LogP contribution in [0.5, 0.6) is 0 Å². The van der Waals surface area contributed by atoms with Gasteiger partial charge < -0.3 is 78.3 Å². The number of aliphatic hydroxyl groups is 6. The number of rotatable bonds is 21. The second-order valence-electron chi connectivity index (χ2n) is 10.7. The molecule has 0 bridgehead atoms. The van der Waals surface area contributed by atoms with Gasteiger partial charge in [0, 0.05) is 0 Å². The molecule has 7 amide bonds. The van der Waals surface area contributed by atoms with Gasteiger partial charge in [-0.15, -0.1) is 0 Å². The van der Waals surface area contributed by atoms with Crippen LogP contribution in [-0.2, 0) is 38.4 Å². The Morgan fingerprint density at radius 1 is 0.531 bits per heavy atom. The number of aliphatic carboxylic acids is 1. The van der Waals surface area contributed by atoms with Gasteiger partial charge in [0.25, 0.3) is 0 Å². The van der Waals surface area contributed by atoms with Crippen molar-refractivity contribution in [2.45, 2.75) is 68.1 Å². The van der Waals surface area contributed by atoms with E-state index in [4.69, 9.17) is 5.11 Å². The highest BCUT2D eigenvalue weighted by Gasteiger charge is 2.33. The molecule has 1 heterocycles. The minimum Gasteiger partial charge on any atom is -0.480 e. The van der Waals surface area contributed by atoms with Gasteiger partial charge in [-0.25, -0.2) is 0 Å². The van der Waals surface area contributed by atoms with E-state index in [0.29, 0.717) is 13.0 Å². The molecule has 0 radical (unpaired) electrons. The second-order valence-corrected chi connectivity index (χ2v) is 10.7. The number of carbonyl (C=O) groups is 8. The minimum absolute atomic E-state index is 0.496. The molecule has 8 atom stereocenters. The predicted octanol–water partition coefficient (Wildman–Crippen LogP) is -9.81. The average molecular weight is 709 g/mol. The molecule has 1 aliphatic heterocycles. The zero-order chi connectivity index (χ0) is 37.3. The molecule has 278 valence electrons. The molecule has 23 nitrogen and oxygen atoms in total. The molecule has 49 heavy (non-hydrogen) atoms. The number of carboxylic acids is 1. The zero-order valence-corrected chi connectivity index (χ0v) is 26.4. The van der Waals surface area contributed by atoms with Crippen molar-refractivity contribution in [1.82, 2.24) is 42.5 Å². The molecule has 0 aliphatic carbocycles. The highest BCUT2D eigenvalue weighted by molar-refractivity contribution is 5.97. The van der Waals surface area contributed by atoms with E-state index in [2.05, 4.69) is 16.0 Å². The van der Waals surface area contributed by atoms with E-state index in [1.54, 1.807) is 0 Å². The van der Waals surface area contributed by atoms with Gasteiger partial charge in [-0.1, -0.05) is 0 Å². The van der Waals surface area contributed by atoms with E-state index >= 15 is 0 Å². The first-order valence-electron chi connectivity index (χ1n) is 14.9. The van der Waals surface area contributed by atoms with Crippen LogP contribution in [0.3, 0.4) is 0 Å². The Labute approximate surface area is 278 Å². The summed E-state index contributed by atoms with van der Waals surface area (Å²) in [6, 6.07) is -12.4.